The van der Waals surface area contributed by atoms with Gasteiger partial charge < -0.3 is 24.3 Å². The maximum absolute atomic E-state index is 12.5. The summed E-state index contributed by atoms with van der Waals surface area (Å²) in [6.07, 6.45) is 0.741. The normalized spacial score (nSPS) is 14.9. The van der Waals surface area contributed by atoms with Crippen molar-refractivity contribution in [2.45, 2.75) is 18.9 Å². The zero-order valence-corrected chi connectivity index (χ0v) is 15.7. The Kier molecular flexibility index (Phi) is 5.22. The van der Waals surface area contributed by atoms with Crippen LogP contribution in [0, 0.1) is 0 Å². The third kappa shape index (κ3) is 4.09. The Morgan fingerprint density at radius 1 is 1.14 bits per heavy atom. The quantitative estimate of drug-likeness (QED) is 0.704. The van der Waals surface area contributed by atoms with Crippen LogP contribution in [0.4, 0.5) is 0 Å². The van der Waals surface area contributed by atoms with Gasteiger partial charge in [-0.3, -0.25) is 9.59 Å². The molecule has 0 spiro atoms. The molecule has 0 bridgehead atoms. The molecule has 1 saturated heterocycles. The lowest BCUT2D eigenvalue weighted by atomic mass is 10.1. The van der Waals surface area contributed by atoms with Crippen LogP contribution < -0.4 is 10.2 Å². The number of amides is 1. The van der Waals surface area contributed by atoms with Gasteiger partial charge in [0.25, 0.3) is 5.91 Å². The van der Waals surface area contributed by atoms with Crippen LogP contribution in [0.2, 0.25) is 0 Å². The lowest BCUT2D eigenvalue weighted by Crippen LogP contribution is -2.42. The van der Waals surface area contributed by atoms with Crippen molar-refractivity contribution in [2.75, 3.05) is 19.7 Å². The molecule has 1 aromatic heterocycles. The van der Waals surface area contributed by atoms with E-state index in [1.807, 2.05) is 30.3 Å². The summed E-state index contributed by atoms with van der Waals surface area (Å²) in [6.45, 7) is 0.771. The second kappa shape index (κ2) is 7.97. The smallest absolute Gasteiger partial charge is 0.260 e. The first kappa shape index (κ1) is 19.0. The van der Waals surface area contributed by atoms with Crippen molar-refractivity contribution < 1.29 is 24.2 Å². The summed E-state index contributed by atoms with van der Waals surface area (Å²) in [7, 11) is 0. The Hall–Kier alpha value is -3.32. The second-order valence-electron chi connectivity index (χ2n) is 7.06. The first-order valence-electron chi connectivity index (χ1n) is 9.46. The molecule has 0 radical (unpaired) electrons. The highest BCUT2D eigenvalue weighted by Gasteiger charge is 2.22. The minimum absolute atomic E-state index is 0.0633. The highest BCUT2D eigenvalue weighted by molar-refractivity contribution is 5.86. The van der Waals surface area contributed by atoms with Crippen LogP contribution in [0.1, 0.15) is 12.8 Å². The lowest BCUT2D eigenvalue weighted by Gasteiger charge is -2.29. The van der Waals surface area contributed by atoms with E-state index in [1.54, 1.807) is 4.90 Å². The van der Waals surface area contributed by atoms with Gasteiger partial charge in [-0.1, -0.05) is 30.3 Å². The number of aromatic hydroxyl groups is 1. The number of rotatable bonds is 4. The van der Waals surface area contributed by atoms with Crippen LogP contribution in [0.15, 0.2) is 57.7 Å². The molecule has 7 heteroatoms. The van der Waals surface area contributed by atoms with Gasteiger partial charge in [0.15, 0.2) is 12.0 Å². The van der Waals surface area contributed by atoms with Crippen molar-refractivity contribution >= 4 is 16.9 Å². The molecule has 2 N–H and O–H groups in total. The van der Waals surface area contributed by atoms with Crippen LogP contribution in [-0.2, 0) is 4.79 Å². The number of hydrogen-bond donors (Lipinski definition) is 2. The number of hydrogen-bond acceptors (Lipinski definition) is 6. The maximum Gasteiger partial charge on any atom is 0.260 e. The van der Waals surface area contributed by atoms with Crippen molar-refractivity contribution in [1.82, 2.24) is 4.90 Å². The molecule has 7 nitrogen and oxygen atoms in total. The molecule has 150 valence electrons. The average molecular weight is 395 g/mol. The minimum Gasteiger partial charge on any atom is -0.507 e. The summed E-state index contributed by atoms with van der Waals surface area (Å²) in [5.41, 5.74) is 0.553. The van der Waals surface area contributed by atoms with E-state index in [4.69, 9.17) is 9.15 Å². The van der Waals surface area contributed by atoms with E-state index in [1.165, 1.54) is 18.2 Å². The highest BCUT2D eigenvalue weighted by atomic mass is 16.5. The van der Waals surface area contributed by atoms with Gasteiger partial charge in [-0.15, -0.1) is 0 Å². The minimum atomic E-state index is -0.364. The zero-order chi connectivity index (χ0) is 20.4. The van der Waals surface area contributed by atoms with E-state index in [-0.39, 0.29) is 46.5 Å². The summed E-state index contributed by atoms with van der Waals surface area (Å²) in [4.78, 5) is 26.4. The van der Waals surface area contributed by atoms with Crippen molar-refractivity contribution in [3.05, 3.63) is 58.8 Å². The maximum atomic E-state index is 12.5. The standard InChI is InChI=1S/C22H21NO6/c24-15-6-8-23(9-7-15)21(27)13-28-16-10-17(25)22-18(26)12-19(29-20(22)11-16)14-4-2-1-3-5-14/h1-5,10-12,15,24-25H,6-9,13H2. The Bertz CT molecular complexity index is 1080. The predicted octanol–water partition coefficient (Wildman–Crippen LogP) is 2.53. The molecule has 1 aliphatic rings. The molecule has 3 aromatic rings. The number of piperidine rings is 1. The molecular formula is C22H21NO6. The number of aliphatic hydroxyl groups excluding tert-OH is 1. The highest BCUT2D eigenvalue weighted by Crippen LogP contribution is 2.31. The Labute approximate surface area is 166 Å². The summed E-state index contributed by atoms with van der Waals surface area (Å²) in [5.74, 6) is 0.145. The number of carbonyl (C=O) groups is 1. The largest absolute Gasteiger partial charge is 0.507 e. The Balaban J connectivity index is 1.57. The molecule has 0 atom stereocenters. The first-order valence-corrected chi connectivity index (χ1v) is 9.46. The lowest BCUT2D eigenvalue weighted by molar-refractivity contribution is -0.135. The van der Waals surface area contributed by atoms with E-state index < -0.39 is 0 Å². The molecule has 0 aliphatic carbocycles. The van der Waals surface area contributed by atoms with E-state index in [0.717, 1.165) is 5.56 Å². The van der Waals surface area contributed by atoms with Crippen LogP contribution in [0.5, 0.6) is 11.5 Å². The van der Waals surface area contributed by atoms with Crippen molar-refractivity contribution in [2.24, 2.45) is 0 Å². The van der Waals surface area contributed by atoms with Crippen molar-refractivity contribution in [1.29, 1.82) is 0 Å². The molecule has 1 fully saturated rings. The molecule has 0 unspecified atom stereocenters. The van der Waals surface area contributed by atoms with Crippen LogP contribution in [0.25, 0.3) is 22.3 Å². The zero-order valence-electron chi connectivity index (χ0n) is 15.7. The van der Waals surface area contributed by atoms with Crippen LogP contribution in [-0.4, -0.2) is 46.8 Å². The number of nitrogens with zero attached hydrogens (tertiary/aromatic N) is 1. The van der Waals surface area contributed by atoms with Gasteiger partial charge in [-0.05, 0) is 12.8 Å². The molecule has 4 rings (SSSR count). The topological polar surface area (TPSA) is 100 Å². The number of fused-ring (bicyclic) bond motifs is 1. The van der Waals surface area contributed by atoms with E-state index >= 15 is 0 Å². The predicted molar refractivity (Wildman–Crippen MR) is 107 cm³/mol. The fraction of sp³-hybridized carbons (Fsp3) is 0.273. The molecule has 1 aliphatic heterocycles. The second-order valence-corrected chi connectivity index (χ2v) is 7.06. The van der Waals surface area contributed by atoms with Crippen molar-refractivity contribution in [3.8, 4) is 22.8 Å². The number of carbonyl (C=O) groups excluding carboxylic acids is 1. The number of phenolic OH excluding ortho intramolecular Hbond substituents is 1. The molecule has 29 heavy (non-hydrogen) atoms. The first-order chi connectivity index (χ1) is 14.0. The van der Waals surface area contributed by atoms with E-state index in [2.05, 4.69) is 0 Å². The summed E-state index contributed by atoms with van der Waals surface area (Å²) in [6, 6.07) is 13.3. The number of aliphatic hydroxyl groups is 1. The number of ether oxygens (including phenoxy) is 1. The van der Waals surface area contributed by atoms with Gasteiger partial charge in [0, 0.05) is 36.9 Å². The number of benzene rings is 2. The van der Waals surface area contributed by atoms with Gasteiger partial charge >= 0.3 is 0 Å². The fourth-order valence-electron chi connectivity index (χ4n) is 3.42. The molecular weight excluding hydrogens is 374 g/mol. The van der Waals surface area contributed by atoms with Gasteiger partial charge in [0.1, 0.15) is 28.2 Å². The Morgan fingerprint density at radius 3 is 2.59 bits per heavy atom. The van der Waals surface area contributed by atoms with Gasteiger partial charge in [0.2, 0.25) is 0 Å². The summed E-state index contributed by atoms with van der Waals surface area (Å²) in [5, 5.41) is 19.9. The van der Waals surface area contributed by atoms with E-state index in [0.29, 0.717) is 31.7 Å². The summed E-state index contributed by atoms with van der Waals surface area (Å²) < 4.78 is 11.4. The van der Waals surface area contributed by atoms with Gasteiger partial charge in [-0.25, -0.2) is 0 Å². The molecule has 2 heterocycles. The third-order valence-corrected chi connectivity index (χ3v) is 5.02. The van der Waals surface area contributed by atoms with Crippen molar-refractivity contribution in [3.63, 3.8) is 0 Å². The average Bonchev–Trinajstić information content (AvgIpc) is 2.72. The summed E-state index contributed by atoms with van der Waals surface area (Å²) >= 11 is 0. The third-order valence-electron chi connectivity index (χ3n) is 5.02. The van der Waals surface area contributed by atoms with Crippen LogP contribution >= 0.6 is 0 Å². The molecule has 2 aromatic carbocycles. The number of phenols is 1. The fourth-order valence-corrected chi connectivity index (χ4v) is 3.42. The van der Waals surface area contributed by atoms with E-state index in [9.17, 15) is 19.8 Å². The SMILES string of the molecule is O=C(COc1cc(O)c2c(=O)cc(-c3ccccc3)oc2c1)N1CCC(O)CC1. The van der Waals surface area contributed by atoms with Gasteiger partial charge in [-0.2, -0.15) is 0 Å². The monoisotopic (exact) mass is 395 g/mol. The number of likely N-dealkylation sites (tertiary alicyclic amines) is 1. The van der Waals surface area contributed by atoms with Crippen LogP contribution in [0.3, 0.4) is 0 Å². The van der Waals surface area contributed by atoms with Gasteiger partial charge in [0.05, 0.1) is 6.10 Å². The molecule has 0 saturated carbocycles. The molecule has 1 amide bonds. The Morgan fingerprint density at radius 2 is 1.86 bits per heavy atom.